The summed E-state index contributed by atoms with van der Waals surface area (Å²) in [4.78, 5) is 29.2. The standard InChI is InChI=1S/C21H31ClN4O2/c22-16-8-6-15(7-9-16)12-19(24)21(28)25-11-10-18(14-25)26(20(27)13-23)17-4-2-1-3-5-17/h6-9,17-19H,1-5,10-14,23-24H2. The number of amides is 2. The third-order valence-corrected chi connectivity index (χ3v) is 6.24. The molecule has 2 aliphatic rings. The summed E-state index contributed by atoms with van der Waals surface area (Å²) in [6, 6.07) is 7.12. The van der Waals surface area contributed by atoms with Crippen molar-refractivity contribution in [1.82, 2.24) is 9.80 Å². The van der Waals surface area contributed by atoms with Crippen LogP contribution in [0.4, 0.5) is 0 Å². The minimum atomic E-state index is -0.590. The minimum absolute atomic E-state index is 0.00309. The molecule has 1 heterocycles. The van der Waals surface area contributed by atoms with Crippen molar-refractivity contribution in [3.8, 4) is 0 Å². The average molecular weight is 407 g/mol. The zero-order valence-corrected chi connectivity index (χ0v) is 17.1. The van der Waals surface area contributed by atoms with Crippen molar-refractivity contribution in [3.05, 3.63) is 34.9 Å². The van der Waals surface area contributed by atoms with Gasteiger partial charge in [0.1, 0.15) is 0 Å². The fraction of sp³-hybridized carbons (Fsp3) is 0.619. The van der Waals surface area contributed by atoms with Gasteiger partial charge < -0.3 is 21.3 Å². The van der Waals surface area contributed by atoms with Crippen molar-refractivity contribution >= 4 is 23.4 Å². The number of carbonyl (C=O) groups excluding carboxylic acids is 2. The Morgan fingerprint density at radius 1 is 1.11 bits per heavy atom. The molecule has 0 radical (unpaired) electrons. The monoisotopic (exact) mass is 406 g/mol. The number of benzene rings is 1. The third-order valence-electron chi connectivity index (χ3n) is 5.99. The van der Waals surface area contributed by atoms with E-state index in [1.54, 1.807) is 12.1 Å². The van der Waals surface area contributed by atoms with Gasteiger partial charge in [-0.1, -0.05) is 43.0 Å². The van der Waals surface area contributed by atoms with E-state index in [1.165, 1.54) is 6.42 Å². The fourth-order valence-corrected chi connectivity index (χ4v) is 4.66. The van der Waals surface area contributed by atoms with Gasteiger partial charge in [-0.25, -0.2) is 0 Å². The topological polar surface area (TPSA) is 92.7 Å². The van der Waals surface area contributed by atoms with Crippen LogP contribution < -0.4 is 11.5 Å². The number of nitrogens with zero attached hydrogens (tertiary/aromatic N) is 2. The Kier molecular flexibility index (Phi) is 7.32. The molecule has 1 aliphatic heterocycles. The summed E-state index contributed by atoms with van der Waals surface area (Å²) < 4.78 is 0. The quantitative estimate of drug-likeness (QED) is 0.754. The first kappa shape index (κ1) is 21.1. The van der Waals surface area contributed by atoms with Gasteiger partial charge in [0, 0.05) is 24.2 Å². The molecular formula is C21H31ClN4O2. The van der Waals surface area contributed by atoms with Crippen molar-refractivity contribution in [2.45, 2.75) is 63.1 Å². The summed E-state index contributed by atoms with van der Waals surface area (Å²) in [6.07, 6.45) is 6.88. The molecule has 0 bridgehead atoms. The van der Waals surface area contributed by atoms with E-state index in [2.05, 4.69) is 0 Å². The lowest BCUT2D eigenvalue weighted by atomic mass is 9.93. The summed E-state index contributed by atoms with van der Waals surface area (Å²) in [6.45, 7) is 1.21. The minimum Gasteiger partial charge on any atom is -0.339 e. The molecule has 2 fully saturated rings. The van der Waals surface area contributed by atoms with Crippen molar-refractivity contribution in [2.75, 3.05) is 19.6 Å². The number of rotatable bonds is 6. The van der Waals surface area contributed by atoms with Crippen molar-refractivity contribution < 1.29 is 9.59 Å². The van der Waals surface area contributed by atoms with E-state index in [0.717, 1.165) is 37.7 Å². The molecule has 1 saturated carbocycles. The Bertz CT molecular complexity index is 675. The average Bonchev–Trinajstić information content (AvgIpc) is 3.19. The van der Waals surface area contributed by atoms with Gasteiger partial charge in [-0.2, -0.15) is 0 Å². The second-order valence-corrected chi connectivity index (χ2v) is 8.40. The Balaban J connectivity index is 1.61. The van der Waals surface area contributed by atoms with Crippen LogP contribution in [0, 0.1) is 0 Å². The molecule has 2 atom stereocenters. The van der Waals surface area contributed by atoms with Gasteiger partial charge in [-0.3, -0.25) is 9.59 Å². The summed E-state index contributed by atoms with van der Waals surface area (Å²) in [5, 5.41) is 0.665. The highest BCUT2D eigenvalue weighted by Crippen LogP contribution is 2.28. The fourth-order valence-electron chi connectivity index (χ4n) is 4.54. The second-order valence-electron chi connectivity index (χ2n) is 7.96. The lowest BCUT2D eigenvalue weighted by Gasteiger charge is -2.38. The molecule has 2 amide bonds. The van der Waals surface area contributed by atoms with Crippen LogP contribution in [0.5, 0.6) is 0 Å². The first-order valence-corrected chi connectivity index (χ1v) is 10.7. The number of likely N-dealkylation sites (tertiary alicyclic amines) is 1. The van der Waals surface area contributed by atoms with Gasteiger partial charge in [-0.05, 0) is 43.4 Å². The van der Waals surface area contributed by atoms with Crippen LogP contribution in [-0.2, 0) is 16.0 Å². The maximum atomic E-state index is 12.8. The van der Waals surface area contributed by atoms with E-state index in [4.69, 9.17) is 23.1 Å². The highest BCUT2D eigenvalue weighted by molar-refractivity contribution is 6.30. The number of halogens is 1. The maximum Gasteiger partial charge on any atom is 0.239 e. The number of hydrogen-bond acceptors (Lipinski definition) is 4. The SMILES string of the molecule is NCC(=O)N(C1CCCCC1)C1CCN(C(=O)C(N)Cc2ccc(Cl)cc2)C1. The number of hydrogen-bond donors (Lipinski definition) is 2. The van der Waals surface area contributed by atoms with Gasteiger partial charge in [0.2, 0.25) is 11.8 Å². The maximum absolute atomic E-state index is 12.8. The van der Waals surface area contributed by atoms with Gasteiger partial charge in [0.25, 0.3) is 0 Å². The van der Waals surface area contributed by atoms with Crippen LogP contribution in [0.3, 0.4) is 0 Å². The van der Waals surface area contributed by atoms with Crippen LogP contribution in [0.1, 0.15) is 44.1 Å². The largest absolute Gasteiger partial charge is 0.339 e. The van der Waals surface area contributed by atoms with Gasteiger partial charge in [-0.15, -0.1) is 0 Å². The third kappa shape index (κ3) is 5.04. The zero-order chi connectivity index (χ0) is 20.1. The molecule has 1 aromatic carbocycles. The van der Waals surface area contributed by atoms with E-state index < -0.39 is 6.04 Å². The molecule has 7 heteroatoms. The summed E-state index contributed by atoms with van der Waals surface area (Å²) in [5.41, 5.74) is 12.9. The van der Waals surface area contributed by atoms with E-state index in [1.807, 2.05) is 21.9 Å². The van der Waals surface area contributed by atoms with Crippen LogP contribution >= 0.6 is 11.6 Å². The van der Waals surface area contributed by atoms with E-state index in [0.29, 0.717) is 24.5 Å². The molecule has 1 saturated heterocycles. The lowest BCUT2D eigenvalue weighted by molar-refractivity contribution is -0.137. The lowest BCUT2D eigenvalue weighted by Crippen LogP contribution is -2.52. The highest BCUT2D eigenvalue weighted by Gasteiger charge is 2.37. The molecule has 4 N–H and O–H groups in total. The molecule has 0 spiro atoms. The van der Waals surface area contributed by atoms with E-state index >= 15 is 0 Å². The Labute approximate surface area is 172 Å². The summed E-state index contributed by atoms with van der Waals surface area (Å²) in [5.74, 6) is -0.0575. The first-order valence-electron chi connectivity index (χ1n) is 10.3. The Morgan fingerprint density at radius 2 is 1.79 bits per heavy atom. The van der Waals surface area contributed by atoms with Gasteiger partial charge >= 0.3 is 0 Å². The van der Waals surface area contributed by atoms with Gasteiger partial charge in [0.15, 0.2) is 0 Å². The highest BCUT2D eigenvalue weighted by atomic mass is 35.5. The molecule has 28 heavy (non-hydrogen) atoms. The van der Waals surface area contributed by atoms with Crippen molar-refractivity contribution in [3.63, 3.8) is 0 Å². The van der Waals surface area contributed by atoms with Crippen molar-refractivity contribution in [1.29, 1.82) is 0 Å². The molecule has 154 valence electrons. The molecule has 1 aliphatic carbocycles. The molecule has 1 aromatic rings. The normalized spacial score (nSPS) is 21.5. The number of carbonyl (C=O) groups is 2. The smallest absolute Gasteiger partial charge is 0.239 e. The second kappa shape index (κ2) is 9.72. The van der Waals surface area contributed by atoms with E-state index in [-0.39, 0.29) is 30.4 Å². The molecule has 3 rings (SSSR count). The van der Waals surface area contributed by atoms with Gasteiger partial charge in [0.05, 0.1) is 18.6 Å². The summed E-state index contributed by atoms with van der Waals surface area (Å²) in [7, 11) is 0. The molecule has 6 nitrogen and oxygen atoms in total. The summed E-state index contributed by atoms with van der Waals surface area (Å²) >= 11 is 5.91. The Morgan fingerprint density at radius 3 is 2.43 bits per heavy atom. The van der Waals surface area contributed by atoms with E-state index in [9.17, 15) is 9.59 Å². The van der Waals surface area contributed by atoms with Crippen LogP contribution in [0.15, 0.2) is 24.3 Å². The predicted octanol–water partition coefficient (Wildman–Crippen LogP) is 1.93. The predicted molar refractivity (Wildman–Crippen MR) is 111 cm³/mol. The zero-order valence-electron chi connectivity index (χ0n) is 16.4. The molecule has 0 aromatic heterocycles. The van der Waals surface area contributed by atoms with Crippen LogP contribution in [0.25, 0.3) is 0 Å². The van der Waals surface area contributed by atoms with Crippen LogP contribution in [-0.4, -0.2) is 59.4 Å². The number of nitrogens with two attached hydrogens (primary N) is 2. The van der Waals surface area contributed by atoms with Crippen molar-refractivity contribution in [2.24, 2.45) is 11.5 Å². The van der Waals surface area contributed by atoms with Crippen LogP contribution in [0.2, 0.25) is 5.02 Å². The molecular weight excluding hydrogens is 376 g/mol. The first-order chi connectivity index (χ1) is 13.5. The molecule has 2 unspecified atom stereocenters. The Hall–Kier alpha value is -1.63.